The number of hydrogen-bond donors (Lipinski definition) is 0. The molecule has 0 saturated heterocycles. The number of carbonyl (C=O) groups excluding carboxylic acids is 1. The minimum atomic E-state index is -0.263. The molecule has 33 heavy (non-hydrogen) atoms. The van der Waals surface area contributed by atoms with Crippen LogP contribution in [0.25, 0.3) is 0 Å². The first-order valence-corrected chi connectivity index (χ1v) is 12.7. The maximum Gasteiger partial charge on any atom is 0.158 e. The summed E-state index contributed by atoms with van der Waals surface area (Å²) in [6.45, 7) is 2.06. The fourth-order valence-corrected chi connectivity index (χ4v) is 6.61. The van der Waals surface area contributed by atoms with E-state index in [9.17, 15) is 4.79 Å². The van der Waals surface area contributed by atoms with Gasteiger partial charge in [-0.1, -0.05) is 17.3 Å². The van der Waals surface area contributed by atoms with E-state index in [0.29, 0.717) is 16.7 Å². The van der Waals surface area contributed by atoms with E-state index in [4.69, 9.17) is 15.2 Å². The molecule has 2 aliphatic carbocycles. The average molecular weight is 466 g/mol. The largest absolute Gasteiger partial charge is 0.387 e. The van der Waals surface area contributed by atoms with Crippen molar-refractivity contribution in [3.8, 4) is 6.07 Å². The molecule has 0 radical (unpaired) electrons. The number of nitrogens with zero attached hydrogens (tertiary/aromatic N) is 5. The molecule has 4 aliphatic rings. The summed E-state index contributed by atoms with van der Waals surface area (Å²) in [7, 11) is 4.07. The number of benzene rings is 1. The fourth-order valence-electron chi connectivity index (χ4n) is 4.90. The molecule has 1 aromatic carbocycles. The lowest BCUT2D eigenvalue weighted by Crippen LogP contribution is -2.38. The lowest BCUT2D eigenvalue weighted by atomic mass is 9.88. The third kappa shape index (κ3) is 4.95. The normalized spacial score (nSPS) is 27.7. The van der Waals surface area contributed by atoms with Crippen LogP contribution in [0.5, 0.6) is 0 Å². The van der Waals surface area contributed by atoms with Gasteiger partial charge in [-0.15, -0.1) is 0 Å². The van der Waals surface area contributed by atoms with E-state index < -0.39 is 0 Å². The summed E-state index contributed by atoms with van der Waals surface area (Å²) in [4.78, 5) is 20.1. The van der Waals surface area contributed by atoms with Gasteiger partial charge >= 0.3 is 0 Å². The summed E-state index contributed by atoms with van der Waals surface area (Å²) in [5, 5.41) is 20.8. The molecule has 2 fully saturated rings. The summed E-state index contributed by atoms with van der Waals surface area (Å²) in [5.41, 5.74) is 3.33. The van der Waals surface area contributed by atoms with Crippen molar-refractivity contribution in [2.75, 3.05) is 27.2 Å². The number of oxime groups is 1. The van der Waals surface area contributed by atoms with Gasteiger partial charge in [0.2, 0.25) is 0 Å². The number of nitriles is 1. The van der Waals surface area contributed by atoms with Crippen LogP contribution in [0.1, 0.15) is 55.8 Å². The van der Waals surface area contributed by atoms with Crippen LogP contribution < -0.4 is 0 Å². The number of likely N-dealkylation sites (N-methyl/N-ethyl adjacent to an activating group) is 1. The predicted octanol–water partition coefficient (Wildman–Crippen LogP) is 3.61. The van der Waals surface area contributed by atoms with Gasteiger partial charge in [0.15, 0.2) is 6.10 Å². The lowest BCUT2D eigenvalue weighted by Gasteiger charge is -2.26. The van der Waals surface area contributed by atoms with Crippen molar-refractivity contribution in [2.45, 2.75) is 60.7 Å². The molecule has 2 aliphatic heterocycles. The van der Waals surface area contributed by atoms with Gasteiger partial charge in [-0.3, -0.25) is 5.01 Å². The Morgan fingerprint density at radius 3 is 2.73 bits per heavy atom. The monoisotopic (exact) mass is 465 g/mol. The Labute approximate surface area is 199 Å². The van der Waals surface area contributed by atoms with E-state index in [0.717, 1.165) is 48.0 Å². The first-order valence-electron chi connectivity index (χ1n) is 11.9. The third-order valence-corrected chi connectivity index (χ3v) is 8.95. The summed E-state index contributed by atoms with van der Waals surface area (Å²) in [6, 6.07) is 9.30. The average Bonchev–Trinajstić information content (AvgIpc) is 3.70. The predicted molar refractivity (Wildman–Crippen MR) is 130 cm³/mol. The molecule has 174 valence electrons. The molecule has 0 N–H and O–H groups in total. The van der Waals surface area contributed by atoms with Crippen LogP contribution in [0.15, 0.2) is 34.5 Å². The number of aldehydes is 1. The second-order valence-electron chi connectivity index (χ2n) is 9.89. The van der Waals surface area contributed by atoms with Crippen molar-refractivity contribution in [1.82, 2.24) is 9.91 Å². The number of carbonyl (C=O) groups is 1. The molecule has 3 atom stereocenters. The van der Waals surface area contributed by atoms with Crippen LogP contribution in [-0.2, 0) is 9.63 Å². The molecule has 2 heterocycles. The van der Waals surface area contributed by atoms with E-state index >= 15 is 0 Å². The first-order chi connectivity index (χ1) is 16.0. The summed E-state index contributed by atoms with van der Waals surface area (Å²) in [5.74, 6) is 0.0169. The van der Waals surface area contributed by atoms with Crippen molar-refractivity contribution < 1.29 is 9.63 Å². The molecule has 0 bridgehead atoms. The van der Waals surface area contributed by atoms with Crippen molar-refractivity contribution in [3.05, 3.63) is 35.4 Å². The Bertz CT molecular complexity index is 993. The van der Waals surface area contributed by atoms with E-state index in [1.165, 1.54) is 25.7 Å². The van der Waals surface area contributed by atoms with Crippen molar-refractivity contribution >= 4 is 29.5 Å². The second-order valence-corrected chi connectivity index (χ2v) is 11.7. The van der Waals surface area contributed by atoms with Gasteiger partial charge in [0, 0.05) is 35.9 Å². The minimum Gasteiger partial charge on any atom is -0.387 e. The molecule has 2 saturated carbocycles. The highest BCUT2D eigenvalue weighted by Gasteiger charge is 2.48. The molecule has 8 heteroatoms. The van der Waals surface area contributed by atoms with E-state index in [1.807, 2.05) is 19.2 Å². The topological polar surface area (TPSA) is 81.3 Å². The Balaban J connectivity index is 1.21. The minimum absolute atomic E-state index is 0.0169. The van der Waals surface area contributed by atoms with E-state index in [1.54, 1.807) is 17.1 Å². The Hall–Kier alpha value is -2.37. The summed E-state index contributed by atoms with van der Waals surface area (Å²) in [6.07, 6.45) is 7.76. The van der Waals surface area contributed by atoms with Crippen LogP contribution in [0.3, 0.4) is 0 Å². The van der Waals surface area contributed by atoms with Gasteiger partial charge < -0.3 is 14.5 Å². The highest BCUT2D eigenvalue weighted by Crippen LogP contribution is 2.55. The molecule has 0 amide bonds. The molecule has 0 aromatic heterocycles. The molecular weight excluding hydrogens is 434 g/mol. The van der Waals surface area contributed by atoms with Crippen LogP contribution >= 0.6 is 11.8 Å². The zero-order valence-corrected chi connectivity index (χ0v) is 20.1. The SMILES string of the molecule is CN(CCC1C(C2=NOC(c3ccc(C#N)cc3)C2)=NN(C)C1C=O)CC1(SC2CC2)CC1. The Kier molecular flexibility index (Phi) is 6.19. The van der Waals surface area contributed by atoms with Gasteiger partial charge in [0.25, 0.3) is 0 Å². The van der Waals surface area contributed by atoms with Crippen LogP contribution in [0.4, 0.5) is 0 Å². The van der Waals surface area contributed by atoms with Crippen molar-refractivity contribution in [2.24, 2.45) is 16.2 Å². The number of rotatable bonds is 10. The second kappa shape index (κ2) is 9.11. The quantitative estimate of drug-likeness (QED) is 0.491. The van der Waals surface area contributed by atoms with Gasteiger partial charge in [-0.2, -0.15) is 22.1 Å². The highest BCUT2D eigenvalue weighted by molar-refractivity contribution is 8.01. The van der Waals surface area contributed by atoms with Gasteiger partial charge in [0.05, 0.1) is 17.3 Å². The Morgan fingerprint density at radius 2 is 2.09 bits per heavy atom. The maximum atomic E-state index is 11.9. The molecule has 5 rings (SSSR count). The molecule has 7 nitrogen and oxygen atoms in total. The smallest absolute Gasteiger partial charge is 0.158 e. The third-order valence-electron chi connectivity index (χ3n) is 7.10. The summed E-state index contributed by atoms with van der Waals surface area (Å²) >= 11 is 2.21. The zero-order chi connectivity index (χ0) is 23.0. The number of thioether (sulfide) groups is 1. The first kappa shape index (κ1) is 22.4. The lowest BCUT2D eigenvalue weighted by molar-refractivity contribution is -0.112. The molecule has 3 unspecified atom stereocenters. The highest BCUT2D eigenvalue weighted by atomic mass is 32.2. The Morgan fingerprint density at radius 1 is 1.33 bits per heavy atom. The standard InChI is InChI=1S/C25H31N5O2S/c1-29(16-25(10-11-25)33-19-7-8-19)12-9-20-22(15-31)30(2)27-24(20)21-13-23(32-28-21)18-5-3-17(14-26)4-6-18/h3-6,15,19-20,22-23H,7-13,16H2,1-2H3. The van der Waals surface area contributed by atoms with Gasteiger partial charge in [-0.25, -0.2) is 0 Å². The van der Waals surface area contributed by atoms with Gasteiger partial charge in [0.1, 0.15) is 18.0 Å². The number of hydrogen-bond acceptors (Lipinski definition) is 8. The van der Waals surface area contributed by atoms with Gasteiger partial charge in [-0.05, 0) is 63.4 Å². The molecule has 0 spiro atoms. The summed E-state index contributed by atoms with van der Waals surface area (Å²) < 4.78 is 0.473. The fraction of sp³-hybridized carbons (Fsp3) is 0.600. The van der Waals surface area contributed by atoms with E-state index in [-0.39, 0.29) is 18.1 Å². The zero-order valence-electron chi connectivity index (χ0n) is 19.3. The molecular formula is C25H31N5O2S. The number of hydrazone groups is 1. The van der Waals surface area contributed by atoms with Crippen molar-refractivity contribution in [1.29, 1.82) is 5.26 Å². The van der Waals surface area contributed by atoms with Crippen LogP contribution in [0.2, 0.25) is 0 Å². The maximum absolute atomic E-state index is 11.9. The van der Waals surface area contributed by atoms with Crippen LogP contribution in [-0.4, -0.2) is 70.8 Å². The van der Waals surface area contributed by atoms with E-state index in [2.05, 4.69) is 34.9 Å². The van der Waals surface area contributed by atoms with Crippen molar-refractivity contribution in [3.63, 3.8) is 0 Å². The van der Waals surface area contributed by atoms with Crippen LogP contribution in [0, 0.1) is 17.2 Å². The molecule has 1 aromatic rings.